The van der Waals surface area contributed by atoms with Crippen LogP contribution < -0.4 is 5.43 Å². The molecule has 0 radical (unpaired) electrons. The van der Waals surface area contributed by atoms with Gasteiger partial charge in [0.1, 0.15) is 0 Å². The molecule has 2 nitrogen and oxygen atoms in total. The lowest BCUT2D eigenvalue weighted by Gasteiger charge is -1.99. The van der Waals surface area contributed by atoms with Crippen molar-refractivity contribution < 1.29 is 0 Å². The van der Waals surface area contributed by atoms with Gasteiger partial charge in [0.25, 0.3) is 0 Å². The Kier molecular flexibility index (Phi) is 3.94. The van der Waals surface area contributed by atoms with Crippen LogP contribution in [-0.4, -0.2) is 12.3 Å². The van der Waals surface area contributed by atoms with Gasteiger partial charge in [-0.15, -0.1) is 0 Å². The largest absolute Gasteiger partial charge is 0.308 e. The summed E-state index contributed by atoms with van der Waals surface area (Å²) < 4.78 is 0. The van der Waals surface area contributed by atoms with Gasteiger partial charge in [-0.1, -0.05) is 6.58 Å². The van der Waals surface area contributed by atoms with E-state index in [0.717, 1.165) is 0 Å². The van der Waals surface area contributed by atoms with Crippen LogP contribution in [0.4, 0.5) is 0 Å². The van der Waals surface area contributed by atoms with Gasteiger partial charge in [-0.25, -0.2) is 0 Å². The van der Waals surface area contributed by atoms with Crippen LogP contribution in [0.5, 0.6) is 0 Å². The van der Waals surface area contributed by atoms with Crippen LogP contribution in [0.1, 0.15) is 13.8 Å². The van der Waals surface area contributed by atoms with E-state index in [9.17, 15) is 0 Å². The van der Waals surface area contributed by atoms with E-state index in [0.29, 0.717) is 6.04 Å². The maximum Gasteiger partial charge on any atom is 0.0462 e. The molecule has 8 heavy (non-hydrogen) atoms. The maximum absolute atomic E-state index is 3.80. The standard InChI is InChI=1S/C6H12N2/c1-4-5-7-8-6(2)3/h4-6,8H,1H2,2-3H3/b7-5-. The molecule has 1 N–H and O–H groups in total. The third kappa shape index (κ3) is 5.21. The van der Waals surface area contributed by atoms with Crippen molar-refractivity contribution in [2.45, 2.75) is 19.9 Å². The van der Waals surface area contributed by atoms with Crippen LogP contribution in [0.2, 0.25) is 0 Å². The average molecular weight is 112 g/mol. The number of nitrogens with zero attached hydrogens (tertiary/aromatic N) is 1. The molecule has 0 aliphatic carbocycles. The van der Waals surface area contributed by atoms with Gasteiger partial charge < -0.3 is 5.43 Å². The molecule has 0 aromatic carbocycles. The zero-order valence-electron chi connectivity index (χ0n) is 5.39. The van der Waals surface area contributed by atoms with E-state index in [1.807, 2.05) is 13.8 Å². The van der Waals surface area contributed by atoms with Crippen molar-refractivity contribution >= 4 is 6.21 Å². The molecule has 0 unspecified atom stereocenters. The molecule has 2 heteroatoms. The number of nitrogens with one attached hydrogen (secondary N) is 1. The van der Waals surface area contributed by atoms with Crippen molar-refractivity contribution in [1.29, 1.82) is 0 Å². The highest BCUT2D eigenvalue weighted by atomic mass is 15.3. The van der Waals surface area contributed by atoms with E-state index in [1.54, 1.807) is 12.3 Å². The normalized spacial score (nSPS) is 10.4. The van der Waals surface area contributed by atoms with Gasteiger partial charge in [0.15, 0.2) is 0 Å². The average Bonchev–Trinajstić information content (AvgIpc) is 1.66. The molecule has 0 aliphatic rings. The molecule has 0 heterocycles. The minimum atomic E-state index is 0.409. The lowest BCUT2D eigenvalue weighted by Crippen LogP contribution is -2.15. The highest BCUT2D eigenvalue weighted by molar-refractivity contribution is 5.69. The molecular formula is C6H12N2. The van der Waals surface area contributed by atoms with Gasteiger partial charge in [0.05, 0.1) is 0 Å². The Bertz CT molecular complexity index is 84.5. The van der Waals surface area contributed by atoms with Crippen molar-refractivity contribution in [3.63, 3.8) is 0 Å². The molecule has 0 fully saturated rings. The summed E-state index contributed by atoms with van der Waals surface area (Å²) in [4.78, 5) is 0. The topological polar surface area (TPSA) is 24.4 Å². The molecule has 46 valence electrons. The summed E-state index contributed by atoms with van der Waals surface area (Å²) in [6, 6.07) is 0.409. The summed E-state index contributed by atoms with van der Waals surface area (Å²) in [5, 5.41) is 3.80. The fourth-order valence-corrected chi connectivity index (χ4v) is 0.245. The van der Waals surface area contributed by atoms with Gasteiger partial charge in [-0.3, -0.25) is 0 Å². The highest BCUT2D eigenvalue weighted by Crippen LogP contribution is 1.72. The van der Waals surface area contributed by atoms with Crippen LogP contribution in [0.15, 0.2) is 17.8 Å². The minimum absolute atomic E-state index is 0.409. The van der Waals surface area contributed by atoms with Crippen LogP contribution in [0, 0.1) is 0 Å². The number of hydrazone groups is 1. The van der Waals surface area contributed by atoms with Crippen molar-refractivity contribution in [3.05, 3.63) is 12.7 Å². The SMILES string of the molecule is C=C/C=N\NC(C)C. The monoisotopic (exact) mass is 112 g/mol. The van der Waals surface area contributed by atoms with E-state index in [-0.39, 0.29) is 0 Å². The second-order valence-electron chi connectivity index (χ2n) is 1.80. The van der Waals surface area contributed by atoms with Gasteiger partial charge in [-0.2, -0.15) is 5.10 Å². The number of hydrogen-bond donors (Lipinski definition) is 1. The molecule has 0 aromatic rings. The van der Waals surface area contributed by atoms with Gasteiger partial charge >= 0.3 is 0 Å². The smallest absolute Gasteiger partial charge is 0.0462 e. The lowest BCUT2D eigenvalue weighted by molar-refractivity contribution is 0.623. The molecule has 0 aromatic heterocycles. The first-order chi connectivity index (χ1) is 3.77. The van der Waals surface area contributed by atoms with Crippen LogP contribution in [0.3, 0.4) is 0 Å². The van der Waals surface area contributed by atoms with Gasteiger partial charge in [-0.05, 0) is 19.9 Å². The fraction of sp³-hybridized carbons (Fsp3) is 0.500. The Morgan fingerprint density at radius 2 is 2.25 bits per heavy atom. The lowest BCUT2D eigenvalue weighted by atomic mass is 10.4. The molecular weight excluding hydrogens is 100 g/mol. The first-order valence-corrected chi connectivity index (χ1v) is 2.67. The summed E-state index contributed by atoms with van der Waals surface area (Å²) >= 11 is 0. The van der Waals surface area contributed by atoms with Crippen molar-refractivity contribution in [1.82, 2.24) is 5.43 Å². The maximum atomic E-state index is 3.80. The summed E-state index contributed by atoms with van der Waals surface area (Å²) in [6.07, 6.45) is 3.26. The fourth-order valence-electron chi connectivity index (χ4n) is 0.245. The molecule has 0 aliphatic heterocycles. The Morgan fingerprint density at radius 3 is 2.62 bits per heavy atom. The second kappa shape index (κ2) is 4.37. The number of hydrogen-bond acceptors (Lipinski definition) is 2. The predicted octanol–water partition coefficient (Wildman–Crippen LogP) is 1.16. The Balaban J connectivity index is 3.15. The Hall–Kier alpha value is -0.790. The van der Waals surface area contributed by atoms with E-state index >= 15 is 0 Å². The summed E-state index contributed by atoms with van der Waals surface area (Å²) in [5.41, 5.74) is 2.84. The van der Waals surface area contributed by atoms with Gasteiger partial charge in [0.2, 0.25) is 0 Å². The second-order valence-corrected chi connectivity index (χ2v) is 1.80. The summed E-state index contributed by atoms with van der Waals surface area (Å²) in [5.74, 6) is 0. The first-order valence-electron chi connectivity index (χ1n) is 2.67. The first kappa shape index (κ1) is 7.21. The zero-order valence-corrected chi connectivity index (χ0v) is 5.39. The van der Waals surface area contributed by atoms with Gasteiger partial charge in [0, 0.05) is 12.3 Å². The summed E-state index contributed by atoms with van der Waals surface area (Å²) in [6.45, 7) is 7.52. The molecule has 0 amide bonds. The van der Waals surface area contributed by atoms with Crippen molar-refractivity contribution in [2.24, 2.45) is 5.10 Å². The van der Waals surface area contributed by atoms with E-state index < -0.39 is 0 Å². The predicted molar refractivity (Wildman–Crippen MR) is 37.0 cm³/mol. The third-order valence-electron chi connectivity index (χ3n) is 0.513. The molecule has 0 rings (SSSR count). The molecule has 0 atom stereocenters. The molecule has 0 saturated heterocycles. The van der Waals surface area contributed by atoms with E-state index in [2.05, 4.69) is 17.1 Å². The van der Waals surface area contributed by atoms with E-state index in [4.69, 9.17) is 0 Å². The van der Waals surface area contributed by atoms with Crippen LogP contribution >= 0.6 is 0 Å². The quantitative estimate of drug-likeness (QED) is 0.430. The van der Waals surface area contributed by atoms with Crippen molar-refractivity contribution in [2.75, 3.05) is 0 Å². The van der Waals surface area contributed by atoms with Crippen molar-refractivity contribution in [3.8, 4) is 0 Å². The minimum Gasteiger partial charge on any atom is -0.308 e. The third-order valence-corrected chi connectivity index (χ3v) is 0.513. The summed E-state index contributed by atoms with van der Waals surface area (Å²) in [7, 11) is 0. The molecule has 0 spiro atoms. The van der Waals surface area contributed by atoms with Crippen LogP contribution in [-0.2, 0) is 0 Å². The Morgan fingerprint density at radius 1 is 1.62 bits per heavy atom. The molecule has 0 bridgehead atoms. The number of rotatable bonds is 3. The highest BCUT2D eigenvalue weighted by Gasteiger charge is 1.81. The number of allylic oxidation sites excluding steroid dienone is 1. The zero-order chi connectivity index (χ0) is 6.41. The molecule has 0 saturated carbocycles. The van der Waals surface area contributed by atoms with E-state index in [1.165, 1.54) is 0 Å². The Labute approximate surface area is 50.3 Å². The van der Waals surface area contributed by atoms with Crippen LogP contribution in [0.25, 0.3) is 0 Å².